The standard InChI is InChI=1S/C29H39N3O/c1-27-11-8-23-16-22-4-5-24(31(2)3)17-28(22)12-13-29(23,33-28)25(27)6-7-26(27)32-15-10-20-9-14-30-18-21(20)19-32/h8-9,14,16,18,24-26H,4-7,10-13,15,17,19H2,1-3H3/t24?,25-,26?,27?,28-,29-/m1/s1. The zero-order chi connectivity index (χ0) is 22.4. The van der Waals surface area contributed by atoms with Crippen LogP contribution >= 0.6 is 0 Å². The maximum absolute atomic E-state index is 7.44. The van der Waals surface area contributed by atoms with E-state index < -0.39 is 0 Å². The van der Waals surface area contributed by atoms with Gasteiger partial charge in [0, 0.05) is 37.6 Å². The van der Waals surface area contributed by atoms with Crippen molar-refractivity contribution in [1.82, 2.24) is 14.8 Å². The van der Waals surface area contributed by atoms with Crippen molar-refractivity contribution in [2.24, 2.45) is 11.3 Å². The van der Waals surface area contributed by atoms with Gasteiger partial charge in [0.1, 0.15) is 0 Å². The number of hydrogen-bond acceptors (Lipinski definition) is 4. The first-order chi connectivity index (χ1) is 15.9. The molecule has 1 aromatic rings. The summed E-state index contributed by atoms with van der Waals surface area (Å²) in [6, 6.07) is 3.52. The molecule has 6 aliphatic rings. The second kappa shape index (κ2) is 7.02. The summed E-state index contributed by atoms with van der Waals surface area (Å²) < 4.78 is 7.44. The summed E-state index contributed by atoms with van der Waals surface area (Å²) >= 11 is 0. The second-order valence-corrected chi connectivity index (χ2v) is 12.4. The Morgan fingerprint density at radius 1 is 1.12 bits per heavy atom. The molecule has 2 bridgehead atoms. The third kappa shape index (κ3) is 2.78. The zero-order valence-electron chi connectivity index (χ0n) is 20.6. The third-order valence-corrected chi connectivity index (χ3v) is 10.8. The summed E-state index contributed by atoms with van der Waals surface area (Å²) in [6.45, 7) is 4.86. The van der Waals surface area contributed by atoms with Crippen molar-refractivity contribution in [2.45, 2.75) is 94.5 Å². The fourth-order valence-corrected chi connectivity index (χ4v) is 9.07. The van der Waals surface area contributed by atoms with Crippen LogP contribution in [0.1, 0.15) is 69.4 Å². The van der Waals surface area contributed by atoms with Gasteiger partial charge in [-0.05, 0) is 112 Å². The molecule has 0 radical (unpaired) electrons. The number of aromatic nitrogens is 1. The van der Waals surface area contributed by atoms with Gasteiger partial charge in [0.15, 0.2) is 0 Å². The molecule has 3 aliphatic heterocycles. The molecule has 0 aromatic carbocycles. The van der Waals surface area contributed by atoms with Crippen molar-refractivity contribution in [3.8, 4) is 0 Å². The average molecular weight is 446 g/mol. The predicted molar refractivity (Wildman–Crippen MR) is 131 cm³/mol. The highest BCUT2D eigenvalue weighted by molar-refractivity contribution is 5.47. The molecule has 1 saturated heterocycles. The predicted octanol–water partition coefficient (Wildman–Crippen LogP) is 4.90. The molecule has 1 aromatic heterocycles. The normalized spacial score (nSPS) is 43.9. The zero-order valence-corrected chi connectivity index (χ0v) is 20.6. The molecule has 176 valence electrons. The molecule has 3 fully saturated rings. The fourth-order valence-electron chi connectivity index (χ4n) is 9.07. The van der Waals surface area contributed by atoms with Crippen LogP contribution in [0.15, 0.2) is 41.8 Å². The lowest BCUT2D eigenvalue weighted by atomic mass is 9.59. The van der Waals surface area contributed by atoms with Gasteiger partial charge in [0.05, 0.1) is 11.2 Å². The van der Waals surface area contributed by atoms with Crippen molar-refractivity contribution in [3.63, 3.8) is 0 Å². The van der Waals surface area contributed by atoms with Gasteiger partial charge in [-0.1, -0.05) is 19.1 Å². The molecule has 4 nitrogen and oxygen atoms in total. The molecule has 4 heterocycles. The Kier molecular flexibility index (Phi) is 4.44. The Morgan fingerprint density at radius 2 is 2.03 bits per heavy atom. The van der Waals surface area contributed by atoms with E-state index in [1.807, 2.05) is 6.20 Å². The molecule has 3 unspecified atom stereocenters. The number of pyridine rings is 1. The maximum Gasteiger partial charge on any atom is 0.0975 e. The number of allylic oxidation sites excluding steroid dienone is 1. The van der Waals surface area contributed by atoms with Crippen molar-refractivity contribution in [2.75, 3.05) is 20.6 Å². The molecule has 0 N–H and O–H groups in total. The molecular formula is C29H39N3O. The summed E-state index contributed by atoms with van der Waals surface area (Å²) in [5, 5.41) is 0. The largest absolute Gasteiger partial charge is 0.359 e. The minimum Gasteiger partial charge on any atom is -0.359 e. The van der Waals surface area contributed by atoms with E-state index in [-0.39, 0.29) is 11.2 Å². The maximum atomic E-state index is 7.44. The van der Waals surface area contributed by atoms with Gasteiger partial charge in [-0.3, -0.25) is 9.88 Å². The molecule has 2 spiro atoms. The van der Waals surface area contributed by atoms with Gasteiger partial charge >= 0.3 is 0 Å². The highest BCUT2D eigenvalue weighted by atomic mass is 16.5. The Labute approximate surface area is 199 Å². The first-order valence-electron chi connectivity index (χ1n) is 13.4. The van der Waals surface area contributed by atoms with Crippen LogP contribution in [0.25, 0.3) is 0 Å². The van der Waals surface area contributed by atoms with E-state index in [1.54, 1.807) is 11.1 Å². The van der Waals surface area contributed by atoms with Crippen molar-refractivity contribution in [3.05, 3.63) is 52.9 Å². The molecule has 6 atom stereocenters. The lowest BCUT2D eigenvalue weighted by Gasteiger charge is -2.55. The number of rotatable bonds is 2. The minimum atomic E-state index is -0.0330. The first-order valence-corrected chi connectivity index (χ1v) is 13.4. The van der Waals surface area contributed by atoms with Gasteiger partial charge in [0.2, 0.25) is 0 Å². The van der Waals surface area contributed by atoms with E-state index in [0.29, 0.717) is 23.4 Å². The van der Waals surface area contributed by atoms with Gasteiger partial charge in [-0.15, -0.1) is 0 Å². The molecule has 0 amide bonds. The summed E-state index contributed by atoms with van der Waals surface area (Å²) in [4.78, 5) is 9.67. The van der Waals surface area contributed by atoms with Gasteiger partial charge in [0.25, 0.3) is 0 Å². The van der Waals surface area contributed by atoms with E-state index in [2.05, 4.69) is 60.2 Å². The van der Waals surface area contributed by atoms with Crippen LogP contribution in [0.5, 0.6) is 0 Å². The quantitative estimate of drug-likeness (QED) is 0.648. The van der Waals surface area contributed by atoms with Gasteiger partial charge in [-0.2, -0.15) is 0 Å². The number of fused-ring (bicyclic) bond motifs is 2. The van der Waals surface area contributed by atoms with E-state index >= 15 is 0 Å². The molecule has 7 rings (SSSR count). The average Bonchev–Trinajstić information content (AvgIpc) is 3.33. The van der Waals surface area contributed by atoms with Crippen molar-refractivity contribution in [1.29, 1.82) is 0 Å². The van der Waals surface area contributed by atoms with E-state index in [4.69, 9.17) is 4.74 Å². The molecule has 4 heteroatoms. The van der Waals surface area contributed by atoms with Gasteiger partial charge in [-0.25, -0.2) is 0 Å². The highest BCUT2D eigenvalue weighted by Gasteiger charge is 2.67. The van der Waals surface area contributed by atoms with Crippen LogP contribution in [0, 0.1) is 11.3 Å². The molecular weight excluding hydrogens is 406 g/mol. The number of nitrogens with zero attached hydrogens (tertiary/aromatic N) is 3. The smallest absolute Gasteiger partial charge is 0.0975 e. The Hall–Kier alpha value is -1.49. The van der Waals surface area contributed by atoms with E-state index in [1.165, 1.54) is 75.5 Å². The number of ether oxygens (including phenoxy) is 1. The van der Waals surface area contributed by atoms with Crippen LogP contribution in [0.4, 0.5) is 0 Å². The summed E-state index contributed by atoms with van der Waals surface area (Å²) in [5.41, 5.74) is 6.38. The highest BCUT2D eigenvalue weighted by Crippen LogP contribution is 2.67. The Balaban J connectivity index is 1.22. The monoisotopic (exact) mass is 445 g/mol. The van der Waals surface area contributed by atoms with Crippen LogP contribution in [0.3, 0.4) is 0 Å². The fraction of sp³-hybridized carbons (Fsp3) is 0.690. The Bertz CT molecular complexity index is 1050. The molecule has 2 saturated carbocycles. The summed E-state index contributed by atoms with van der Waals surface area (Å²) in [6.07, 6.45) is 20.4. The topological polar surface area (TPSA) is 28.6 Å². The number of hydrogen-bond donors (Lipinski definition) is 0. The third-order valence-electron chi connectivity index (χ3n) is 10.8. The Morgan fingerprint density at radius 3 is 2.91 bits per heavy atom. The van der Waals surface area contributed by atoms with E-state index in [0.717, 1.165) is 6.54 Å². The van der Waals surface area contributed by atoms with Crippen LogP contribution in [-0.2, 0) is 17.7 Å². The summed E-state index contributed by atoms with van der Waals surface area (Å²) in [7, 11) is 4.50. The summed E-state index contributed by atoms with van der Waals surface area (Å²) in [5.74, 6) is 0.641. The van der Waals surface area contributed by atoms with Crippen molar-refractivity contribution < 1.29 is 4.74 Å². The lowest BCUT2D eigenvalue weighted by molar-refractivity contribution is -0.144. The first kappa shape index (κ1) is 20.8. The van der Waals surface area contributed by atoms with Crippen molar-refractivity contribution >= 4 is 0 Å². The SMILES string of the molecule is CN(C)C1CCC2=CC3=CCC4(C)C(N5CCc6ccncc6C5)CC[C@H]4[C@@]34CC[C@]2(C1)O4. The van der Waals surface area contributed by atoms with Crippen LogP contribution < -0.4 is 0 Å². The lowest BCUT2D eigenvalue weighted by Crippen LogP contribution is -2.57. The van der Waals surface area contributed by atoms with Crippen LogP contribution in [-0.4, -0.2) is 58.7 Å². The van der Waals surface area contributed by atoms with E-state index in [9.17, 15) is 0 Å². The van der Waals surface area contributed by atoms with Gasteiger partial charge < -0.3 is 9.64 Å². The van der Waals surface area contributed by atoms with Crippen LogP contribution in [0.2, 0.25) is 0 Å². The minimum absolute atomic E-state index is 0.0105. The second-order valence-electron chi connectivity index (χ2n) is 12.4. The molecule has 33 heavy (non-hydrogen) atoms. The molecule has 3 aliphatic carbocycles.